The fraction of sp³-hybridized carbons (Fsp3) is 0.500. The van der Waals surface area contributed by atoms with E-state index < -0.39 is 0 Å². The van der Waals surface area contributed by atoms with Gasteiger partial charge in [-0.2, -0.15) is 0 Å². The maximum absolute atomic E-state index is 9.02. The number of aliphatic hydroxyl groups excluding tert-OH is 1. The number of aliphatic hydroxyl groups is 1. The summed E-state index contributed by atoms with van der Waals surface area (Å²) >= 11 is 0. The molecule has 2 N–H and O–H groups in total. The largest absolute Gasteiger partial charge is 0.392 e. The van der Waals surface area contributed by atoms with Crippen molar-refractivity contribution in [3.63, 3.8) is 0 Å². The Labute approximate surface area is 78.8 Å². The maximum atomic E-state index is 9.02. The fourth-order valence-corrected chi connectivity index (χ4v) is 1.10. The number of hydrogen-bond acceptors (Lipinski definition) is 3. The smallest absolute Gasteiger partial charge is 0.0636 e. The topological polar surface area (TPSA) is 45.2 Å². The van der Waals surface area contributed by atoms with Crippen molar-refractivity contribution < 1.29 is 5.11 Å². The van der Waals surface area contributed by atoms with E-state index in [1.54, 1.807) is 13.1 Å². The van der Waals surface area contributed by atoms with Crippen LogP contribution in [0.15, 0.2) is 18.5 Å². The lowest BCUT2D eigenvalue weighted by Crippen LogP contribution is -2.24. The summed E-state index contributed by atoms with van der Waals surface area (Å²) in [6.45, 7) is 5.21. The quantitative estimate of drug-likeness (QED) is 0.722. The number of nitrogens with zero attached hydrogens (tertiary/aromatic N) is 1. The first-order valence-corrected chi connectivity index (χ1v) is 4.48. The average molecular weight is 180 g/mol. The predicted octanol–water partition coefficient (Wildman–Crippen LogP) is 0.860. The molecule has 0 aliphatic heterocycles. The van der Waals surface area contributed by atoms with Crippen molar-refractivity contribution in [2.24, 2.45) is 0 Å². The molecule has 0 aromatic carbocycles. The van der Waals surface area contributed by atoms with Crippen LogP contribution in [0.2, 0.25) is 0 Å². The molecule has 0 radical (unpaired) electrons. The van der Waals surface area contributed by atoms with Gasteiger partial charge in [0.25, 0.3) is 0 Å². The summed E-state index contributed by atoms with van der Waals surface area (Å²) in [5, 5.41) is 12.2. The Morgan fingerprint density at radius 1 is 1.62 bits per heavy atom. The Morgan fingerprint density at radius 2 is 2.38 bits per heavy atom. The van der Waals surface area contributed by atoms with Crippen molar-refractivity contribution in [2.45, 2.75) is 26.5 Å². The van der Waals surface area contributed by atoms with Crippen LogP contribution >= 0.6 is 0 Å². The minimum atomic E-state index is -0.294. The van der Waals surface area contributed by atoms with Gasteiger partial charge in [0.1, 0.15) is 0 Å². The molecule has 1 heterocycles. The molecule has 0 aliphatic rings. The molecule has 0 spiro atoms. The molecule has 0 fully saturated rings. The molecule has 0 saturated carbocycles. The number of aromatic nitrogens is 1. The number of pyridine rings is 1. The SMILES string of the molecule is Cc1ccncc1CNC[C@H](C)O. The molecule has 0 aliphatic carbocycles. The van der Waals surface area contributed by atoms with Gasteiger partial charge in [0.2, 0.25) is 0 Å². The van der Waals surface area contributed by atoms with Crippen LogP contribution in [-0.2, 0) is 6.54 Å². The number of rotatable bonds is 4. The van der Waals surface area contributed by atoms with Crippen molar-refractivity contribution in [3.8, 4) is 0 Å². The van der Waals surface area contributed by atoms with E-state index in [9.17, 15) is 0 Å². The lowest BCUT2D eigenvalue weighted by atomic mass is 10.1. The second kappa shape index (κ2) is 4.94. The molecular formula is C10H16N2O. The maximum Gasteiger partial charge on any atom is 0.0636 e. The Morgan fingerprint density at radius 3 is 3.00 bits per heavy atom. The Bertz CT molecular complexity index is 261. The van der Waals surface area contributed by atoms with Crippen LogP contribution in [0.5, 0.6) is 0 Å². The minimum absolute atomic E-state index is 0.294. The first-order valence-electron chi connectivity index (χ1n) is 4.48. The summed E-state index contributed by atoms with van der Waals surface area (Å²) in [5.74, 6) is 0. The molecule has 13 heavy (non-hydrogen) atoms. The van der Waals surface area contributed by atoms with Gasteiger partial charge < -0.3 is 10.4 Å². The molecule has 1 aromatic rings. The van der Waals surface area contributed by atoms with E-state index in [0.29, 0.717) is 6.54 Å². The monoisotopic (exact) mass is 180 g/mol. The predicted molar refractivity (Wildman–Crippen MR) is 52.4 cm³/mol. The van der Waals surface area contributed by atoms with Crippen molar-refractivity contribution in [2.75, 3.05) is 6.54 Å². The summed E-state index contributed by atoms with van der Waals surface area (Å²) < 4.78 is 0. The molecular weight excluding hydrogens is 164 g/mol. The highest BCUT2D eigenvalue weighted by Gasteiger charge is 1.98. The number of hydrogen-bond donors (Lipinski definition) is 2. The summed E-state index contributed by atoms with van der Waals surface area (Å²) in [6.07, 6.45) is 3.34. The van der Waals surface area contributed by atoms with E-state index in [-0.39, 0.29) is 6.10 Å². The van der Waals surface area contributed by atoms with Crippen molar-refractivity contribution >= 4 is 0 Å². The van der Waals surface area contributed by atoms with Crippen LogP contribution in [0.25, 0.3) is 0 Å². The van der Waals surface area contributed by atoms with Crippen molar-refractivity contribution in [3.05, 3.63) is 29.6 Å². The second-order valence-electron chi connectivity index (χ2n) is 3.28. The summed E-state index contributed by atoms with van der Waals surface area (Å²) in [6, 6.07) is 1.99. The highest BCUT2D eigenvalue weighted by atomic mass is 16.3. The molecule has 1 rings (SSSR count). The highest BCUT2D eigenvalue weighted by molar-refractivity contribution is 5.20. The summed E-state index contributed by atoms with van der Waals surface area (Å²) in [7, 11) is 0. The molecule has 3 heteroatoms. The third kappa shape index (κ3) is 3.53. The van der Waals surface area contributed by atoms with Gasteiger partial charge in [-0.25, -0.2) is 0 Å². The Balaban J connectivity index is 2.41. The zero-order valence-corrected chi connectivity index (χ0v) is 8.12. The molecule has 0 amide bonds. The number of aryl methyl sites for hydroxylation is 1. The van der Waals surface area contributed by atoms with E-state index in [1.807, 2.05) is 12.3 Å². The average Bonchev–Trinajstić information content (AvgIpc) is 2.08. The van der Waals surface area contributed by atoms with Crippen LogP contribution < -0.4 is 5.32 Å². The summed E-state index contributed by atoms with van der Waals surface area (Å²) in [5.41, 5.74) is 2.41. The van der Waals surface area contributed by atoms with Gasteiger partial charge in [-0.15, -0.1) is 0 Å². The van der Waals surface area contributed by atoms with Crippen molar-refractivity contribution in [1.82, 2.24) is 10.3 Å². The van der Waals surface area contributed by atoms with E-state index in [4.69, 9.17) is 5.11 Å². The van der Waals surface area contributed by atoms with Gasteiger partial charge in [0.05, 0.1) is 6.10 Å². The van der Waals surface area contributed by atoms with Gasteiger partial charge >= 0.3 is 0 Å². The molecule has 0 saturated heterocycles. The van der Waals surface area contributed by atoms with Crippen LogP contribution in [-0.4, -0.2) is 22.7 Å². The normalized spacial score (nSPS) is 12.8. The third-order valence-electron chi connectivity index (χ3n) is 1.90. The van der Waals surface area contributed by atoms with Crippen LogP contribution in [0, 0.1) is 6.92 Å². The van der Waals surface area contributed by atoms with Gasteiger partial charge in [-0.3, -0.25) is 4.98 Å². The van der Waals surface area contributed by atoms with Crippen LogP contribution in [0.1, 0.15) is 18.1 Å². The van der Waals surface area contributed by atoms with E-state index >= 15 is 0 Å². The van der Waals surface area contributed by atoms with Gasteiger partial charge in [0.15, 0.2) is 0 Å². The van der Waals surface area contributed by atoms with E-state index in [1.165, 1.54) is 11.1 Å². The lowest BCUT2D eigenvalue weighted by molar-refractivity contribution is 0.191. The van der Waals surface area contributed by atoms with Gasteiger partial charge in [-0.05, 0) is 31.0 Å². The standard InChI is InChI=1S/C10H16N2O/c1-8-3-4-11-6-10(8)7-12-5-9(2)13/h3-4,6,9,12-13H,5,7H2,1-2H3/t9-/m0/s1. The number of nitrogens with one attached hydrogen (secondary N) is 1. The molecule has 0 bridgehead atoms. The first-order chi connectivity index (χ1) is 6.20. The second-order valence-corrected chi connectivity index (χ2v) is 3.28. The molecule has 1 atom stereocenters. The third-order valence-corrected chi connectivity index (χ3v) is 1.90. The highest BCUT2D eigenvalue weighted by Crippen LogP contribution is 2.03. The molecule has 0 unspecified atom stereocenters. The summed E-state index contributed by atoms with van der Waals surface area (Å²) in [4.78, 5) is 4.04. The zero-order valence-electron chi connectivity index (χ0n) is 8.12. The first kappa shape index (κ1) is 10.2. The van der Waals surface area contributed by atoms with Crippen LogP contribution in [0.4, 0.5) is 0 Å². The van der Waals surface area contributed by atoms with E-state index in [2.05, 4.69) is 17.2 Å². The van der Waals surface area contributed by atoms with Crippen molar-refractivity contribution in [1.29, 1.82) is 0 Å². The zero-order chi connectivity index (χ0) is 9.68. The van der Waals surface area contributed by atoms with E-state index in [0.717, 1.165) is 6.54 Å². The fourth-order valence-electron chi connectivity index (χ4n) is 1.10. The minimum Gasteiger partial charge on any atom is -0.392 e. The Kier molecular flexibility index (Phi) is 3.86. The van der Waals surface area contributed by atoms with Gasteiger partial charge in [-0.1, -0.05) is 0 Å². The molecule has 72 valence electrons. The van der Waals surface area contributed by atoms with Gasteiger partial charge in [0, 0.05) is 25.5 Å². The lowest BCUT2D eigenvalue weighted by Gasteiger charge is -2.08. The molecule has 3 nitrogen and oxygen atoms in total. The molecule has 1 aromatic heterocycles. The Hall–Kier alpha value is -0.930. The van der Waals surface area contributed by atoms with Crippen LogP contribution in [0.3, 0.4) is 0 Å².